The number of amides is 2. The number of hydrogen-bond donors (Lipinski definition) is 1. The summed E-state index contributed by atoms with van der Waals surface area (Å²) in [5.74, 6) is -0.812. The quantitative estimate of drug-likeness (QED) is 0.818. The summed E-state index contributed by atoms with van der Waals surface area (Å²) in [6.07, 6.45) is 2.31. The van der Waals surface area contributed by atoms with E-state index in [2.05, 4.69) is 0 Å². The van der Waals surface area contributed by atoms with E-state index in [0.29, 0.717) is 26.1 Å². The largest absolute Gasteiger partial charge is 0.481 e. The molecule has 5 nitrogen and oxygen atoms in total. The highest BCUT2D eigenvalue weighted by atomic mass is 16.4. The molecule has 0 aromatic rings. The molecule has 1 N–H and O–H groups in total. The highest BCUT2D eigenvalue weighted by molar-refractivity contribution is 5.78. The lowest BCUT2D eigenvalue weighted by molar-refractivity contribution is -0.150. The molecule has 1 aliphatic rings. The van der Waals surface area contributed by atoms with Crippen LogP contribution in [0.5, 0.6) is 0 Å². The Morgan fingerprint density at radius 1 is 1.47 bits per heavy atom. The summed E-state index contributed by atoms with van der Waals surface area (Å²) in [6.45, 7) is 5.42. The molecule has 5 heteroatoms. The van der Waals surface area contributed by atoms with Gasteiger partial charge in [0.15, 0.2) is 0 Å². The Kier molecular flexibility index (Phi) is 4.37. The molecule has 1 rings (SSSR count). The highest BCUT2D eigenvalue weighted by Gasteiger charge is 2.39. The minimum atomic E-state index is -0.812. The van der Waals surface area contributed by atoms with Gasteiger partial charge in [0.2, 0.25) is 0 Å². The molecular weight excluding hydrogens is 220 g/mol. The lowest BCUT2D eigenvalue weighted by atomic mass is 9.82. The molecule has 0 aliphatic carbocycles. The number of likely N-dealkylation sites (tertiary alicyclic amines) is 1. The molecule has 0 radical (unpaired) electrons. The van der Waals surface area contributed by atoms with E-state index < -0.39 is 11.4 Å². The van der Waals surface area contributed by atoms with Crippen molar-refractivity contribution in [1.29, 1.82) is 0 Å². The van der Waals surface area contributed by atoms with Crippen LogP contribution in [0, 0.1) is 5.41 Å². The van der Waals surface area contributed by atoms with Gasteiger partial charge >= 0.3 is 12.0 Å². The highest BCUT2D eigenvalue weighted by Crippen LogP contribution is 2.30. The van der Waals surface area contributed by atoms with E-state index in [4.69, 9.17) is 0 Å². The summed E-state index contributed by atoms with van der Waals surface area (Å²) < 4.78 is 0. The second-order valence-electron chi connectivity index (χ2n) is 5.10. The molecule has 2 amide bonds. The zero-order chi connectivity index (χ0) is 13.1. The minimum absolute atomic E-state index is 0.0565. The maximum absolute atomic E-state index is 12.1. The van der Waals surface area contributed by atoms with Crippen molar-refractivity contribution in [3.8, 4) is 0 Å². The number of carboxylic acid groups (broad SMARTS) is 1. The van der Waals surface area contributed by atoms with Gasteiger partial charge < -0.3 is 14.9 Å². The van der Waals surface area contributed by atoms with Gasteiger partial charge in [-0.3, -0.25) is 4.79 Å². The van der Waals surface area contributed by atoms with Crippen molar-refractivity contribution in [2.75, 3.05) is 26.7 Å². The number of hydrogen-bond acceptors (Lipinski definition) is 2. The third-order valence-corrected chi connectivity index (χ3v) is 3.37. The minimum Gasteiger partial charge on any atom is -0.481 e. The number of piperidine rings is 1. The number of nitrogens with zero attached hydrogens (tertiary/aromatic N) is 2. The molecule has 17 heavy (non-hydrogen) atoms. The van der Waals surface area contributed by atoms with Crippen molar-refractivity contribution in [3.63, 3.8) is 0 Å². The Labute approximate surface area is 102 Å². The van der Waals surface area contributed by atoms with Gasteiger partial charge in [-0.15, -0.1) is 0 Å². The van der Waals surface area contributed by atoms with Crippen molar-refractivity contribution in [2.45, 2.75) is 33.1 Å². The predicted molar refractivity (Wildman–Crippen MR) is 64.9 cm³/mol. The third-order valence-electron chi connectivity index (χ3n) is 3.37. The first kappa shape index (κ1) is 13.8. The molecule has 0 bridgehead atoms. The van der Waals surface area contributed by atoms with Crippen molar-refractivity contribution in [1.82, 2.24) is 9.80 Å². The van der Waals surface area contributed by atoms with Gasteiger partial charge in [0.25, 0.3) is 0 Å². The van der Waals surface area contributed by atoms with E-state index in [1.54, 1.807) is 23.8 Å². The number of carbonyl (C=O) groups is 2. The van der Waals surface area contributed by atoms with Gasteiger partial charge in [-0.2, -0.15) is 0 Å². The molecule has 1 aliphatic heterocycles. The van der Waals surface area contributed by atoms with E-state index in [0.717, 1.165) is 12.8 Å². The molecule has 1 fully saturated rings. The van der Waals surface area contributed by atoms with Crippen LogP contribution in [0.2, 0.25) is 0 Å². The van der Waals surface area contributed by atoms with Gasteiger partial charge in [0.1, 0.15) is 0 Å². The van der Waals surface area contributed by atoms with Crippen LogP contribution in [0.25, 0.3) is 0 Å². The van der Waals surface area contributed by atoms with E-state index in [1.807, 2.05) is 6.92 Å². The van der Waals surface area contributed by atoms with Crippen molar-refractivity contribution in [3.05, 3.63) is 0 Å². The van der Waals surface area contributed by atoms with Crippen LogP contribution in [0.4, 0.5) is 4.79 Å². The molecule has 0 aromatic carbocycles. The van der Waals surface area contributed by atoms with Crippen LogP contribution in [-0.4, -0.2) is 53.6 Å². The SMILES string of the molecule is CCCN(C)C(=O)N1CCCC(C)(C(=O)O)C1. The second kappa shape index (κ2) is 5.38. The normalized spacial score (nSPS) is 24.5. The number of aliphatic carboxylic acids is 1. The van der Waals surface area contributed by atoms with Gasteiger partial charge in [-0.1, -0.05) is 6.92 Å². The predicted octanol–water partition coefficient (Wildman–Crippen LogP) is 1.63. The molecule has 1 unspecified atom stereocenters. The number of urea groups is 1. The molecular formula is C12H22N2O3. The molecule has 1 atom stereocenters. The fraction of sp³-hybridized carbons (Fsp3) is 0.833. The first-order chi connectivity index (χ1) is 7.90. The first-order valence-corrected chi connectivity index (χ1v) is 6.14. The first-order valence-electron chi connectivity index (χ1n) is 6.14. The summed E-state index contributed by atoms with van der Waals surface area (Å²) in [4.78, 5) is 26.6. The second-order valence-corrected chi connectivity index (χ2v) is 5.10. The fourth-order valence-electron chi connectivity index (χ4n) is 2.25. The lowest BCUT2D eigenvalue weighted by Crippen LogP contribution is -2.51. The third kappa shape index (κ3) is 3.11. The van der Waals surface area contributed by atoms with Gasteiger partial charge in [0, 0.05) is 26.7 Å². The Bertz CT molecular complexity index is 306. The maximum Gasteiger partial charge on any atom is 0.319 e. The van der Waals surface area contributed by atoms with Gasteiger partial charge in [-0.25, -0.2) is 4.79 Å². The van der Waals surface area contributed by atoms with E-state index in [1.165, 1.54) is 0 Å². The zero-order valence-corrected chi connectivity index (χ0v) is 10.9. The summed E-state index contributed by atoms with van der Waals surface area (Å²) in [7, 11) is 1.76. The van der Waals surface area contributed by atoms with Crippen LogP contribution < -0.4 is 0 Å². The molecule has 0 spiro atoms. The Hall–Kier alpha value is -1.26. The van der Waals surface area contributed by atoms with Crippen molar-refractivity contribution < 1.29 is 14.7 Å². The van der Waals surface area contributed by atoms with Crippen LogP contribution in [-0.2, 0) is 4.79 Å². The molecule has 0 aromatic heterocycles. The van der Waals surface area contributed by atoms with E-state index in [9.17, 15) is 14.7 Å². The van der Waals surface area contributed by atoms with E-state index >= 15 is 0 Å². The standard InChI is InChI=1S/C12H22N2O3/c1-4-7-13(3)11(17)14-8-5-6-12(2,9-14)10(15)16/h4-9H2,1-3H3,(H,15,16). The number of carboxylic acids is 1. The Morgan fingerprint density at radius 2 is 2.12 bits per heavy atom. The molecule has 1 heterocycles. The number of carbonyl (C=O) groups excluding carboxylic acids is 1. The Morgan fingerprint density at radius 3 is 2.65 bits per heavy atom. The summed E-state index contributed by atoms with van der Waals surface area (Å²) in [5, 5.41) is 9.19. The molecule has 98 valence electrons. The summed E-state index contributed by atoms with van der Waals surface area (Å²) >= 11 is 0. The topological polar surface area (TPSA) is 60.9 Å². The number of rotatable bonds is 3. The Balaban J connectivity index is 2.66. The van der Waals surface area contributed by atoms with Gasteiger partial charge in [-0.05, 0) is 26.2 Å². The maximum atomic E-state index is 12.1. The molecule has 0 saturated carbocycles. The van der Waals surface area contributed by atoms with Crippen molar-refractivity contribution in [2.24, 2.45) is 5.41 Å². The fourth-order valence-corrected chi connectivity index (χ4v) is 2.25. The summed E-state index contributed by atoms with van der Waals surface area (Å²) in [6, 6.07) is -0.0565. The van der Waals surface area contributed by atoms with Crippen LogP contribution in [0.3, 0.4) is 0 Å². The lowest BCUT2D eigenvalue weighted by Gasteiger charge is -2.39. The smallest absolute Gasteiger partial charge is 0.319 e. The van der Waals surface area contributed by atoms with Crippen LogP contribution in [0.15, 0.2) is 0 Å². The summed E-state index contributed by atoms with van der Waals surface area (Å²) in [5.41, 5.74) is -0.791. The zero-order valence-electron chi connectivity index (χ0n) is 10.9. The monoisotopic (exact) mass is 242 g/mol. The van der Waals surface area contributed by atoms with E-state index in [-0.39, 0.29) is 6.03 Å². The average molecular weight is 242 g/mol. The van der Waals surface area contributed by atoms with Crippen LogP contribution >= 0.6 is 0 Å². The molecule has 1 saturated heterocycles. The van der Waals surface area contributed by atoms with Crippen molar-refractivity contribution >= 4 is 12.0 Å². The van der Waals surface area contributed by atoms with Crippen LogP contribution in [0.1, 0.15) is 33.1 Å². The average Bonchev–Trinajstić information content (AvgIpc) is 2.28. The van der Waals surface area contributed by atoms with Gasteiger partial charge in [0.05, 0.1) is 5.41 Å².